The van der Waals surface area contributed by atoms with Gasteiger partial charge in [-0.3, -0.25) is 4.79 Å². The highest BCUT2D eigenvalue weighted by atomic mass is 32.2. The normalized spacial score (nSPS) is 10.5. The van der Waals surface area contributed by atoms with E-state index in [2.05, 4.69) is 27.8 Å². The maximum absolute atomic E-state index is 12.6. The zero-order valence-corrected chi connectivity index (χ0v) is 18.9. The lowest BCUT2D eigenvalue weighted by molar-refractivity contribution is -0.113. The Kier molecular flexibility index (Phi) is 7.66. The van der Waals surface area contributed by atoms with Gasteiger partial charge in [-0.15, -0.1) is 5.10 Å². The Morgan fingerprint density at radius 1 is 1.06 bits per heavy atom. The van der Waals surface area contributed by atoms with Crippen molar-refractivity contribution in [3.8, 4) is 17.2 Å². The van der Waals surface area contributed by atoms with Gasteiger partial charge in [0.2, 0.25) is 11.1 Å². The number of carbonyl (C=O) groups is 2. The van der Waals surface area contributed by atoms with E-state index in [9.17, 15) is 9.59 Å². The summed E-state index contributed by atoms with van der Waals surface area (Å²) in [5, 5.41) is 14.9. The van der Waals surface area contributed by atoms with E-state index < -0.39 is 5.97 Å². The molecule has 0 saturated heterocycles. The number of ether oxygens (including phenoxy) is 3. The number of nitrogens with zero attached hydrogens (tertiary/aromatic N) is 4. The quantitative estimate of drug-likeness (QED) is 0.382. The first kappa shape index (κ1) is 23.1. The van der Waals surface area contributed by atoms with Crippen molar-refractivity contribution < 1.29 is 23.8 Å². The van der Waals surface area contributed by atoms with Crippen LogP contribution in [0.4, 0.5) is 5.69 Å². The van der Waals surface area contributed by atoms with E-state index in [1.165, 1.54) is 50.8 Å². The van der Waals surface area contributed by atoms with Crippen LogP contribution in [0.2, 0.25) is 0 Å². The predicted octanol–water partition coefficient (Wildman–Crippen LogP) is 2.76. The van der Waals surface area contributed by atoms with Crippen LogP contribution in [0.3, 0.4) is 0 Å². The van der Waals surface area contributed by atoms with Crippen molar-refractivity contribution in [3.63, 3.8) is 0 Å². The maximum Gasteiger partial charge on any atom is 0.340 e. The van der Waals surface area contributed by atoms with Gasteiger partial charge in [0.25, 0.3) is 0 Å². The molecule has 11 heteroatoms. The highest BCUT2D eigenvalue weighted by Gasteiger charge is 2.20. The van der Waals surface area contributed by atoms with Gasteiger partial charge >= 0.3 is 5.97 Å². The van der Waals surface area contributed by atoms with Crippen LogP contribution < -0.4 is 14.8 Å². The second kappa shape index (κ2) is 10.6. The monoisotopic (exact) mass is 457 g/mol. The van der Waals surface area contributed by atoms with Crippen molar-refractivity contribution in [1.29, 1.82) is 0 Å². The topological polar surface area (TPSA) is 117 Å². The minimum absolute atomic E-state index is 0.0162. The molecule has 0 atom stereocenters. The Hall–Kier alpha value is -3.60. The number of hydrogen-bond acceptors (Lipinski definition) is 9. The van der Waals surface area contributed by atoms with Gasteiger partial charge in [0, 0.05) is 12.1 Å². The van der Waals surface area contributed by atoms with E-state index in [-0.39, 0.29) is 22.9 Å². The maximum atomic E-state index is 12.6. The lowest BCUT2D eigenvalue weighted by Gasteiger charge is -2.14. The number of hydrogen-bond donors (Lipinski definition) is 1. The van der Waals surface area contributed by atoms with Crippen molar-refractivity contribution >= 4 is 29.3 Å². The molecule has 3 rings (SSSR count). The molecule has 1 amide bonds. The number of nitrogens with one attached hydrogen (secondary N) is 1. The average molecular weight is 458 g/mol. The number of aryl methyl sites for hydroxylation is 1. The number of methoxy groups -OCH3 is 3. The Bertz CT molecular complexity index is 1100. The smallest absolute Gasteiger partial charge is 0.340 e. The number of esters is 1. The molecule has 0 aliphatic rings. The molecule has 1 N–H and O–H groups in total. The van der Waals surface area contributed by atoms with Gasteiger partial charge in [-0.2, -0.15) is 4.68 Å². The minimum Gasteiger partial charge on any atom is -0.493 e. The summed E-state index contributed by atoms with van der Waals surface area (Å²) in [6.45, 7) is 2.08. The van der Waals surface area contributed by atoms with Crippen LogP contribution in [0.5, 0.6) is 11.5 Å². The average Bonchev–Trinajstić information content (AvgIpc) is 3.30. The van der Waals surface area contributed by atoms with E-state index >= 15 is 0 Å². The third-order valence-corrected chi connectivity index (χ3v) is 5.48. The molecular formula is C21H23N5O5S. The number of amides is 1. The molecule has 168 valence electrons. The van der Waals surface area contributed by atoms with Crippen LogP contribution >= 0.6 is 11.8 Å². The number of thioether (sulfide) groups is 1. The standard InChI is InChI=1S/C21H23N5O5S/c1-5-13-6-8-14(9-7-13)26-21(23-24-25-26)32-12-19(27)22-16-11-18(30-3)17(29-2)10-15(16)20(28)31-4/h6-11H,5,12H2,1-4H3,(H,22,27). The first-order chi connectivity index (χ1) is 15.5. The molecule has 2 aromatic carbocycles. The van der Waals surface area contributed by atoms with Crippen LogP contribution in [0, 0.1) is 0 Å². The third kappa shape index (κ3) is 5.17. The van der Waals surface area contributed by atoms with Gasteiger partial charge < -0.3 is 19.5 Å². The summed E-state index contributed by atoms with van der Waals surface area (Å²) in [7, 11) is 4.17. The molecule has 3 aromatic rings. The van der Waals surface area contributed by atoms with Crippen molar-refractivity contribution in [2.75, 3.05) is 32.4 Å². The molecule has 0 fully saturated rings. The van der Waals surface area contributed by atoms with Crippen molar-refractivity contribution in [1.82, 2.24) is 20.2 Å². The molecule has 0 aliphatic carbocycles. The minimum atomic E-state index is -0.617. The molecule has 32 heavy (non-hydrogen) atoms. The van der Waals surface area contributed by atoms with Crippen LogP contribution in [0.15, 0.2) is 41.6 Å². The summed E-state index contributed by atoms with van der Waals surface area (Å²) in [5.41, 5.74) is 2.38. The Morgan fingerprint density at radius 3 is 2.38 bits per heavy atom. The lowest BCUT2D eigenvalue weighted by atomic mass is 10.1. The van der Waals surface area contributed by atoms with E-state index in [4.69, 9.17) is 14.2 Å². The molecule has 0 unspecified atom stereocenters. The first-order valence-electron chi connectivity index (χ1n) is 9.65. The summed E-state index contributed by atoms with van der Waals surface area (Å²) < 4.78 is 16.9. The van der Waals surface area contributed by atoms with Crippen molar-refractivity contribution in [2.24, 2.45) is 0 Å². The summed E-state index contributed by atoms with van der Waals surface area (Å²) in [4.78, 5) is 24.8. The van der Waals surface area contributed by atoms with Gasteiger partial charge in [0.15, 0.2) is 11.5 Å². The molecule has 0 bridgehead atoms. The highest BCUT2D eigenvalue weighted by Crippen LogP contribution is 2.34. The Balaban J connectivity index is 1.74. The zero-order valence-electron chi connectivity index (χ0n) is 18.1. The van der Waals surface area contributed by atoms with E-state index in [0.29, 0.717) is 16.7 Å². The molecule has 0 spiro atoms. The van der Waals surface area contributed by atoms with Crippen LogP contribution in [-0.2, 0) is 16.0 Å². The Labute approximate surface area is 189 Å². The largest absolute Gasteiger partial charge is 0.493 e. The number of tetrazole rings is 1. The van der Waals surface area contributed by atoms with E-state index in [1.807, 2.05) is 24.3 Å². The number of benzene rings is 2. The van der Waals surface area contributed by atoms with Gasteiger partial charge in [-0.1, -0.05) is 30.8 Å². The predicted molar refractivity (Wildman–Crippen MR) is 119 cm³/mol. The molecule has 10 nitrogen and oxygen atoms in total. The molecule has 1 heterocycles. The molecule has 0 saturated carbocycles. The second-order valence-corrected chi connectivity index (χ2v) is 7.42. The molecular weight excluding hydrogens is 434 g/mol. The third-order valence-electron chi connectivity index (χ3n) is 4.57. The summed E-state index contributed by atoms with van der Waals surface area (Å²) in [6.07, 6.45) is 0.932. The fourth-order valence-electron chi connectivity index (χ4n) is 2.88. The lowest BCUT2D eigenvalue weighted by Crippen LogP contribution is -2.18. The molecule has 0 radical (unpaired) electrons. The number of anilines is 1. The summed E-state index contributed by atoms with van der Waals surface area (Å²) in [6, 6.07) is 10.8. The number of rotatable bonds is 9. The van der Waals surface area contributed by atoms with Gasteiger partial charge in [0.05, 0.1) is 44.0 Å². The van der Waals surface area contributed by atoms with Gasteiger partial charge in [-0.05, 0) is 34.5 Å². The summed E-state index contributed by atoms with van der Waals surface area (Å²) >= 11 is 1.17. The molecule has 0 aliphatic heterocycles. The van der Waals surface area contributed by atoms with Crippen LogP contribution in [0.25, 0.3) is 5.69 Å². The van der Waals surface area contributed by atoms with Gasteiger partial charge in [-0.25, -0.2) is 4.79 Å². The number of aromatic nitrogens is 4. The SMILES string of the molecule is CCc1ccc(-n2nnnc2SCC(=O)Nc2cc(OC)c(OC)cc2C(=O)OC)cc1. The molecule has 1 aromatic heterocycles. The number of carbonyl (C=O) groups excluding carboxylic acids is 2. The van der Waals surface area contributed by atoms with E-state index in [0.717, 1.165) is 12.1 Å². The van der Waals surface area contributed by atoms with Crippen LogP contribution in [0.1, 0.15) is 22.8 Å². The summed E-state index contributed by atoms with van der Waals surface area (Å²) in [5.74, 6) is -0.254. The fraction of sp³-hybridized carbons (Fsp3) is 0.286. The van der Waals surface area contributed by atoms with E-state index in [1.54, 1.807) is 4.68 Å². The zero-order chi connectivity index (χ0) is 23.1. The highest BCUT2D eigenvalue weighted by molar-refractivity contribution is 7.99. The van der Waals surface area contributed by atoms with Gasteiger partial charge in [0.1, 0.15) is 0 Å². The first-order valence-corrected chi connectivity index (χ1v) is 10.6. The second-order valence-electron chi connectivity index (χ2n) is 6.47. The fourth-order valence-corrected chi connectivity index (χ4v) is 3.57. The van der Waals surface area contributed by atoms with Crippen molar-refractivity contribution in [3.05, 3.63) is 47.5 Å². The Morgan fingerprint density at radius 2 is 1.75 bits per heavy atom. The van der Waals surface area contributed by atoms with Crippen LogP contribution in [-0.4, -0.2) is 59.2 Å². The van der Waals surface area contributed by atoms with Crippen molar-refractivity contribution in [2.45, 2.75) is 18.5 Å².